The van der Waals surface area contributed by atoms with E-state index in [0.717, 1.165) is 31.2 Å². The molecule has 0 aromatic heterocycles. The van der Waals surface area contributed by atoms with Crippen LogP contribution in [0.15, 0.2) is 24.3 Å². The van der Waals surface area contributed by atoms with Crippen molar-refractivity contribution in [2.45, 2.75) is 39.7 Å². The van der Waals surface area contributed by atoms with Gasteiger partial charge in [-0.3, -0.25) is 0 Å². The van der Waals surface area contributed by atoms with E-state index < -0.39 is 0 Å². The molecule has 2 nitrogen and oxygen atoms in total. The van der Waals surface area contributed by atoms with Crippen LogP contribution < -0.4 is 5.32 Å². The van der Waals surface area contributed by atoms with Gasteiger partial charge in [0, 0.05) is 0 Å². The number of rotatable bonds is 7. The molecule has 0 amide bonds. The zero-order valence-electron chi connectivity index (χ0n) is 11.1. The highest BCUT2D eigenvalue weighted by molar-refractivity contribution is 5.61. The molecule has 2 heteroatoms. The lowest BCUT2D eigenvalue weighted by molar-refractivity contribution is -0.109. The van der Waals surface area contributed by atoms with Gasteiger partial charge in [-0.1, -0.05) is 51.5 Å². The number of carbonyl (C=O) groups is 1. The van der Waals surface area contributed by atoms with Crippen LogP contribution in [0, 0.1) is 5.92 Å². The molecule has 1 aromatic carbocycles. The summed E-state index contributed by atoms with van der Waals surface area (Å²) in [6.07, 6.45) is 3.24. The molecule has 1 unspecified atom stereocenters. The van der Waals surface area contributed by atoms with Gasteiger partial charge in [-0.15, -0.1) is 0 Å². The Morgan fingerprint density at radius 1 is 1.24 bits per heavy atom. The SMILES string of the molecule is CCCc1ccc(C(C=O)NCC(C)C)cc1. The second kappa shape index (κ2) is 7.23. The Kier molecular flexibility index (Phi) is 5.92. The highest BCUT2D eigenvalue weighted by atomic mass is 16.1. The van der Waals surface area contributed by atoms with Crippen LogP contribution in [0.25, 0.3) is 0 Å². The Hall–Kier alpha value is -1.15. The van der Waals surface area contributed by atoms with E-state index in [4.69, 9.17) is 0 Å². The molecule has 0 fully saturated rings. The number of hydrogen-bond donors (Lipinski definition) is 1. The minimum absolute atomic E-state index is 0.173. The maximum absolute atomic E-state index is 11.1. The van der Waals surface area contributed by atoms with E-state index in [1.54, 1.807) is 0 Å². The molecular formula is C15H23NO. The summed E-state index contributed by atoms with van der Waals surface area (Å²) in [5, 5.41) is 3.27. The highest BCUT2D eigenvalue weighted by Gasteiger charge is 2.09. The Balaban J connectivity index is 2.65. The Bertz CT molecular complexity index is 329. The Morgan fingerprint density at radius 3 is 2.35 bits per heavy atom. The van der Waals surface area contributed by atoms with E-state index in [1.165, 1.54) is 5.56 Å². The number of carbonyl (C=O) groups excluding carboxylic acids is 1. The third-order valence-corrected chi connectivity index (χ3v) is 2.76. The fourth-order valence-electron chi connectivity index (χ4n) is 1.79. The summed E-state index contributed by atoms with van der Waals surface area (Å²) in [7, 11) is 0. The van der Waals surface area contributed by atoms with Gasteiger partial charge < -0.3 is 10.1 Å². The van der Waals surface area contributed by atoms with E-state index in [-0.39, 0.29) is 6.04 Å². The van der Waals surface area contributed by atoms with Crippen molar-refractivity contribution in [1.82, 2.24) is 5.32 Å². The topological polar surface area (TPSA) is 29.1 Å². The van der Waals surface area contributed by atoms with E-state index in [1.807, 2.05) is 0 Å². The molecule has 1 atom stereocenters. The minimum atomic E-state index is -0.173. The van der Waals surface area contributed by atoms with Crippen LogP contribution in [0.2, 0.25) is 0 Å². The van der Waals surface area contributed by atoms with Crippen LogP contribution in [-0.2, 0) is 11.2 Å². The monoisotopic (exact) mass is 233 g/mol. The summed E-state index contributed by atoms with van der Waals surface area (Å²) in [5.74, 6) is 0.553. The molecule has 94 valence electrons. The average molecular weight is 233 g/mol. The summed E-state index contributed by atoms with van der Waals surface area (Å²) >= 11 is 0. The number of nitrogens with one attached hydrogen (secondary N) is 1. The Labute approximate surface area is 104 Å². The number of benzene rings is 1. The minimum Gasteiger partial charge on any atom is -0.304 e. The lowest BCUT2D eigenvalue weighted by atomic mass is 10.0. The van der Waals surface area contributed by atoms with Gasteiger partial charge in [0.25, 0.3) is 0 Å². The van der Waals surface area contributed by atoms with Gasteiger partial charge in [0.2, 0.25) is 0 Å². The summed E-state index contributed by atoms with van der Waals surface area (Å²) in [4.78, 5) is 11.1. The second-order valence-electron chi connectivity index (χ2n) is 4.91. The predicted molar refractivity (Wildman–Crippen MR) is 72.1 cm³/mol. The van der Waals surface area contributed by atoms with E-state index in [0.29, 0.717) is 5.92 Å². The van der Waals surface area contributed by atoms with Crippen LogP contribution in [0.1, 0.15) is 44.4 Å². The van der Waals surface area contributed by atoms with Gasteiger partial charge in [0.15, 0.2) is 0 Å². The van der Waals surface area contributed by atoms with Crippen molar-refractivity contribution in [3.05, 3.63) is 35.4 Å². The molecule has 1 N–H and O–H groups in total. The molecule has 0 saturated carbocycles. The third kappa shape index (κ3) is 4.70. The molecule has 0 aliphatic heterocycles. The van der Waals surface area contributed by atoms with Gasteiger partial charge >= 0.3 is 0 Å². The molecular weight excluding hydrogens is 210 g/mol. The lowest BCUT2D eigenvalue weighted by Crippen LogP contribution is -2.26. The van der Waals surface area contributed by atoms with Crippen molar-refractivity contribution in [2.24, 2.45) is 5.92 Å². The van der Waals surface area contributed by atoms with Crippen LogP contribution >= 0.6 is 0 Å². The molecule has 0 saturated heterocycles. The first kappa shape index (κ1) is 13.9. The van der Waals surface area contributed by atoms with Crippen molar-refractivity contribution < 1.29 is 4.79 Å². The second-order valence-corrected chi connectivity index (χ2v) is 4.91. The standard InChI is InChI=1S/C15H23NO/c1-4-5-13-6-8-14(9-7-13)15(11-17)16-10-12(2)3/h6-9,11-12,15-16H,4-5,10H2,1-3H3. The third-order valence-electron chi connectivity index (χ3n) is 2.76. The summed E-state index contributed by atoms with van der Waals surface area (Å²) in [5.41, 5.74) is 2.39. The van der Waals surface area contributed by atoms with Crippen molar-refractivity contribution >= 4 is 6.29 Å². The van der Waals surface area contributed by atoms with E-state index >= 15 is 0 Å². The molecule has 0 heterocycles. The lowest BCUT2D eigenvalue weighted by Gasteiger charge is -2.15. The van der Waals surface area contributed by atoms with Gasteiger partial charge in [0.05, 0.1) is 6.04 Å². The normalized spacial score (nSPS) is 12.7. The predicted octanol–water partition coefficient (Wildman–Crippen LogP) is 3.12. The molecule has 0 bridgehead atoms. The molecule has 0 aliphatic rings. The first-order valence-electron chi connectivity index (χ1n) is 6.44. The van der Waals surface area contributed by atoms with Crippen LogP contribution in [0.5, 0.6) is 0 Å². The smallest absolute Gasteiger partial charge is 0.141 e. The largest absolute Gasteiger partial charge is 0.304 e. The molecule has 1 rings (SSSR count). The number of hydrogen-bond acceptors (Lipinski definition) is 2. The van der Waals surface area contributed by atoms with Gasteiger partial charge in [-0.25, -0.2) is 0 Å². The summed E-state index contributed by atoms with van der Waals surface area (Å²) < 4.78 is 0. The molecule has 1 aromatic rings. The number of aldehydes is 1. The van der Waals surface area contributed by atoms with Crippen molar-refractivity contribution in [2.75, 3.05) is 6.54 Å². The zero-order chi connectivity index (χ0) is 12.7. The van der Waals surface area contributed by atoms with Crippen LogP contribution in [0.3, 0.4) is 0 Å². The average Bonchev–Trinajstić information content (AvgIpc) is 2.32. The van der Waals surface area contributed by atoms with Gasteiger partial charge in [-0.05, 0) is 30.0 Å². The van der Waals surface area contributed by atoms with Gasteiger partial charge in [-0.2, -0.15) is 0 Å². The van der Waals surface area contributed by atoms with Crippen molar-refractivity contribution in [1.29, 1.82) is 0 Å². The highest BCUT2D eigenvalue weighted by Crippen LogP contribution is 2.13. The van der Waals surface area contributed by atoms with Gasteiger partial charge in [0.1, 0.15) is 6.29 Å². The summed E-state index contributed by atoms with van der Waals surface area (Å²) in [6.45, 7) is 7.31. The first-order chi connectivity index (χ1) is 8.17. The quantitative estimate of drug-likeness (QED) is 0.733. The fraction of sp³-hybridized carbons (Fsp3) is 0.533. The maximum atomic E-state index is 11.1. The maximum Gasteiger partial charge on any atom is 0.141 e. The van der Waals surface area contributed by atoms with E-state index in [9.17, 15) is 4.79 Å². The van der Waals surface area contributed by atoms with Crippen LogP contribution in [0.4, 0.5) is 0 Å². The van der Waals surface area contributed by atoms with Crippen LogP contribution in [-0.4, -0.2) is 12.8 Å². The zero-order valence-corrected chi connectivity index (χ0v) is 11.1. The molecule has 17 heavy (non-hydrogen) atoms. The van der Waals surface area contributed by atoms with Crippen molar-refractivity contribution in [3.8, 4) is 0 Å². The first-order valence-corrected chi connectivity index (χ1v) is 6.44. The fourth-order valence-corrected chi connectivity index (χ4v) is 1.79. The molecule has 0 spiro atoms. The van der Waals surface area contributed by atoms with Crippen molar-refractivity contribution in [3.63, 3.8) is 0 Å². The molecule has 0 aliphatic carbocycles. The Morgan fingerprint density at radius 2 is 1.88 bits per heavy atom. The van der Waals surface area contributed by atoms with E-state index in [2.05, 4.69) is 50.4 Å². The molecule has 0 radical (unpaired) electrons. The summed E-state index contributed by atoms with van der Waals surface area (Å²) in [6, 6.07) is 8.17. The number of aryl methyl sites for hydroxylation is 1.